The fourth-order valence-electron chi connectivity index (χ4n) is 1.14. The van der Waals surface area contributed by atoms with Crippen LogP contribution >= 0.6 is 0 Å². The Morgan fingerprint density at radius 2 is 1.93 bits per heavy atom. The molecule has 1 unspecified atom stereocenters. The molecule has 2 nitrogen and oxygen atoms in total. The third-order valence-electron chi connectivity index (χ3n) is 2.03. The van der Waals surface area contributed by atoms with Gasteiger partial charge in [0.15, 0.2) is 0 Å². The molecule has 0 bridgehead atoms. The molecule has 0 aliphatic carbocycles. The smallest absolute Gasteiger partial charge is 0.0826 e. The number of nitrogens with zero attached hydrogens (tertiary/aromatic N) is 1. The third-order valence-corrected chi connectivity index (χ3v) is 2.03. The lowest BCUT2D eigenvalue weighted by Gasteiger charge is -2.15. The van der Waals surface area contributed by atoms with Crippen molar-refractivity contribution in [3.05, 3.63) is 42.8 Å². The monoisotopic (exact) mass is 192 g/mol. The Morgan fingerprint density at radius 3 is 2.50 bits per heavy atom. The van der Waals surface area contributed by atoms with Crippen molar-refractivity contribution in [1.82, 2.24) is 4.90 Å². The van der Waals surface area contributed by atoms with E-state index in [2.05, 4.69) is 11.8 Å². The van der Waals surface area contributed by atoms with Gasteiger partial charge in [0.2, 0.25) is 0 Å². The van der Waals surface area contributed by atoms with Crippen molar-refractivity contribution in [1.29, 1.82) is 0 Å². The van der Waals surface area contributed by atoms with E-state index in [0.717, 1.165) is 18.7 Å². The molecule has 0 aromatic heterocycles. The van der Waals surface area contributed by atoms with E-state index in [9.17, 15) is 0 Å². The molecule has 1 aromatic carbocycles. The van der Waals surface area contributed by atoms with E-state index in [4.69, 9.17) is 4.74 Å². The minimum absolute atomic E-state index is 0.0591. The average molecular weight is 192 g/mol. The Kier molecular flexibility index (Phi) is 4.63. The number of likely N-dealkylation sites (N-methyl/N-ethyl adjacent to an activating group) is 1. The molecule has 0 spiro atoms. The third kappa shape index (κ3) is 3.90. The van der Waals surface area contributed by atoms with Gasteiger partial charge in [-0.15, -0.1) is 0 Å². The molecule has 0 saturated heterocycles. The van der Waals surface area contributed by atoms with Gasteiger partial charge < -0.3 is 9.64 Å². The molecule has 0 heterocycles. The second-order valence-corrected chi connectivity index (χ2v) is 3.57. The van der Waals surface area contributed by atoms with Gasteiger partial charge in [0.25, 0.3) is 0 Å². The Hall–Kier alpha value is -0.860. The average Bonchev–Trinajstić information content (AvgIpc) is 2.18. The highest BCUT2D eigenvalue weighted by molar-refractivity contribution is 5.18. The highest BCUT2D eigenvalue weighted by atomic mass is 16.5. The highest BCUT2D eigenvalue weighted by Gasteiger charge is 2.04. The molecule has 14 heavy (non-hydrogen) atoms. The van der Waals surface area contributed by atoms with Gasteiger partial charge in [-0.2, -0.15) is 0 Å². The summed E-state index contributed by atoms with van der Waals surface area (Å²) >= 11 is 0. The van der Waals surface area contributed by atoms with Gasteiger partial charge in [0.1, 0.15) is 0 Å². The quantitative estimate of drug-likeness (QED) is 0.708. The summed E-state index contributed by atoms with van der Waals surface area (Å²) < 4.78 is 5.59. The van der Waals surface area contributed by atoms with Crippen LogP contribution in [0.3, 0.4) is 0 Å². The molecular formula is C12H18NO. The Labute approximate surface area is 86.5 Å². The molecule has 0 amide bonds. The zero-order valence-corrected chi connectivity index (χ0v) is 8.94. The summed E-state index contributed by atoms with van der Waals surface area (Å²) in [6.07, 6.45) is -0.0591. The van der Waals surface area contributed by atoms with E-state index >= 15 is 0 Å². The van der Waals surface area contributed by atoms with Crippen molar-refractivity contribution in [2.24, 2.45) is 0 Å². The lowest BCUT2D eigenvalue weighted by atomic mass is 10.1. The summed E-state index contributed by atoms with van der Waals surface area (Å²) in [6.45, 7) is 5.61. The van der Waals surface area contributed by atoms with Gasteiger partial charge >= 0.3 is 0 Å². The maximum Gasteiger partial charge on any atom is 0.0826 e. The van der Waals surface area contributed by atoms with Crippen molar-refractivity contribution >= 4 is 0 Å². The zero-order valence-electron chi connectivity index (χ0n) is 8.94. The first-order valence-corrected chi connectivity index (χ1v) is 4.84. The second kappa shape index (κ2) is 5.78. The predicted molar refractivity (Wildman–Crippen MR) is 59.0 cm³/mol. The van der Waals surface area contributed by atoms with Crippen LogP contribution in [0.4, 0.5) is 0 Å². The van der Waals surface area contributed by atoms with E-state index in [1.165, 1.54) is 0 Å². The van der Waals surface area contributed by atoms with E-state index in [1.54, 1.807) is 0 Å². The molecule has 77 valence electrons. The topological polar surface area (TPSA) is 12.5 Å². The zero-order chi connectivity index (χ0) is 10.4. The van der Waals surface area contributed by atoms with Crippen LogP contribution in [0, 0.1) is 6.92 Å². The fraction of sp³-hybridized carbons (Fsp3) is 0.417. The van der Waals surface area contributed by atoms with Gasteiger partial charge in [0, 0.05) is 6.54 Å². The van der Waals surface area contributed by atoms with E-state index in [-0.39, 0.29) is 6.10 Å². The normalized spacial score (nSPS) is 13.1. The maximum atomic E-state index is 5.59. The molecule has 0 saturated carbocycles. The van der Waals surface area contributed by atoms with Gasteiger partial charge in [-0.25, -0.2) is 0 Å². The molecule has 1 radical (unpaired) electrons. The van der Waals surface area contributed by atoms with Crippen molar-refractivity contribution in [3.63, 3.8) is 0 Å². The van der Waals surface area contributed by atoms with Crippen LogP contribution in [0.25, 0.3) is 0 Å². The predicted octanol–water partition coefficient (Wildman–Crippen LogP) is 2.14. The second-order valence-electron chi connectivity index (χ2n) is 3.57. The fourth-order valence-corrected chi connectivity index (χ4v) is 1.14. The molecule has 0 fully saturated rings. The first-order valence-electron chi connectivity index (χ1n) is 4.84. The summed E-state index contributed by atoms with van der Waals surface area (Å²) in [5.74, 6) is 0. The van der Waals surface area contributed by atoms with Crippen LogP contribution in [0.2, 0.25) is 0 Å². The molecule has 2 heteroatoms. The lowest BCUT2D eigenvalue weighted by molar-refractivity contribution is 0.0717. The van der Waals surface area contributed by atoms with Gasteiger partial charge in [0.05, 0.1) is 12.7 Å². The van der Waals surface area contributed by atoms with Crippen LogP contribution < -0.4 is 0 Å². The standard InChI is InChI=1S/C12H18NO/c1-11(14-10-9-13(2)3)12-7-5-4-6-8-12/h4-8,11H,1,9-10H2,2-3H3. The van der Waals surface area contributed by atoms with Crippen molar-refractivity contribution in [3.8, 4) is 0 Å². The number of hydrogen-bond acceptors (Lipinski definition) is 2. The number of ether oxygens (including phenoxy) is 1. The molecule has 1 aromatic rings. The Balaban J connectivity index is 2.32. The minimum atomic E-state index is -0.0591. The summed E-state index contributed by atoms with van der Waals surface area (Å²) in [4.78, 5) is 2.09. The summed E-state index contributed by atoms with van der Waals surface area (Å²) in [5, 5.41) is 0. The van der Waals surface area contributed by atoms with Gasteiger partial charge in [-0.1, -0.05) is 30.3 Å². The van der Waals surface area contributed by atoms with Crippen LogP contribution in [-0.4, -0.2) is 32.1 Å². The Morgan fingerprint density at radius 1 is 1.29 bits per heavy atom. The highest BCUT2D eigenvalue weighted by Crippen LogP contribution is 2.14. The van der Waals surface area contributed by atoms with Crippen LogP contribution in [-0.2, 0) is 4.74 Å². The van der Waals surface area contributed by atoms with E-state index in [0.29, 0.717) is 0 Å². The Bertz CT molecular complexity index is 246. The van der Waals surface area contributed by atoms with Gasteiger partial charge in [-0.3, -0.25) is 0 Å². The molecule has 1 rings (SSSR count). The van der Waals surface area contributed by atoms with Crippen molar-refractivity contribution in [2.45, 2.75) is 6.10 Å². The van der Waals surface area contributed by atoms with E-state index in [1.807, 2.05) is 44.4 Å². The van der Waals surface area contributed by atoms with E-state index < -0.39 is 0 Å². The van der Waals surface area contributed by atoms with Crippen LogP contribution in [0.15, 0.2) is 30.3 Å². The van der Waals surface area contributed by atoms with Crippen LogP contribution in [0.5, 0.6) is 0 Å². The molecule has 1 atom stereocenters. The van der Waals surface area contributed by atoms with Crippen LogP contribution in [0.1, 0.15) is 11.7 Å². The van der Waals surface area contributed by atoms with Crippen molar-refractivity contribution < 1.29 is 4.74 Å². The molecule has 0 aliphatic rings. The minimum Gasteiger partial charge on any atom is -0.372 e. The summed E-state index contributed by atoms with van der Waals surface area (Å²) in [5.41, 5.74) is 1.13. The maximum absolute atomic E-state index is 5.59. The lowest BCUT2D eigenvalue weighted by Crippen LogP contribution is -2.18. The first kappa shape index (κ1) is 11.2. The SMILES string of the molecule is [CH2]C(OCCN(C)C)c1ccccc1. The molecular weight excluding hydrogens is 174 g/mol. The number of hydrogen-bond donors (Lipinski definition) is 0. The summed E-state index contributed by atoms with van der Waals surface area (Å²) in [6, 6.07) is 10.1. The molecule has 0 aliphatic heterocycles. The van der Waals surface area contributed by atoms with Gasteiger partial charge in [-0.05, 0) is 26.6 Å². The van der Waals surface area contributed by atoms with Crippen molar-refractivity contribution in [2.75, 3.05) is 27.2 Å². The number of rotatable bonds is 5. The summed E-state index contributed by atoms with van der Waals surface area (Å²) in [7, 11) is 4.06. The first-order chi connectivity index (χ1) is 6.70. The molecule has 0 N–H and O–H groups in total. The number of benzene rings is 1. The largest absolute Gasteiger partial charge is 0.372 e.